The minimum Gasteiger partial charge on any atom is -0.357 e. The first-order valence-corrected chi connectivity index (χ1v) is 13.6. The first-order valence-electron chi connectivity index (χ1n) is 9.91. The van der Waals surface area contributed by atoms with E-state index in [4.69, 9.17) is 0 Å². The summed E-state index contributed by atoms with van der Waals surface area (Å²) < 4.78 is 23.6. The molecule has 0 saturated carbocycles. The number of aliphatic imine (C=N–C) groups is 1. The van der Waals surface area contributed by atoms with E-state index in [0.717, 1.165) is 50.4 Å². The van der Waals surface area contributed by atoms with Gasteiger partial charge in [-0.25, -0.2) is 13.4 Å². The van der Waals surface area contributed by atoms with Crippen molar-refractivity contribution in [2.45, 2.75) is 34.7 Å². The third kappa shape index (κ3) is 4.67. The number of nitrogens with zero attached hydrogens (tertiary/aromatic N) is 4. The molecule has 6 nitrogen and oxygen atoms in total. The molecule has 0 amide bonds. The fraction of sp³-hybridized carbons (Fsp3) is 0.684. The number of rotatable bonds is 3. The molecule has 0 bridgehead atoms. The normalized spacial score (nSPS) is 25.2. The summed E-state index contributed by atoms with van der Waals surface area (Å²) in [6, 6.07) is 3.51. The maximum atomic E-state index is 11.6. The highest BCUT2D eigenvalue weighted by Crippen LogP contribution is 2.36. The molecule has 154 valence electrons. The Morgan fingerprint density at radius 1 is 1.04 bits per heavy atom. The van der Waals surface area contributed by atoms with Gasteiger partial charge in [0.05, 0.1) is 15.6 Å². The first-order chi connectivity index (χ1) is 13.4. The third-order valence-electron chi connectivity index (χ3n) is 6.09. The summed E-state index contributed by atoms with van der Waals surface area (Å²) in [7, 11) is -3.18. The lowest BCUT2D eigenvalue weighted by Gasteiger charge is -2.41. The zero-order valence-corrected chi connectivity index (χ0v) is 19.3. The lowest BCUT2D eigenvalue weighted by molar-refractivity contribution is 0.179. The molecular formula is C19H27BrN4O2S2. The molecule has 0 radical (unpaired) electrons. The van der Waals surface area contributed by atoms with Gasteiger partial charge in [-0.3, -0.25) is 4.99 Å². The second-order valence-electron chi connectivity index (χ2n) is 7.92. The fourth-order valence-corrected chi connectivity index (χ4v) is 6.52. The second kappa shape index (κ2) is 8.52. The summed E-state index contributed by atoms with van der Waals surface area (Å²) in [6.45, 7) is 5.15. The average molecular weight is 487 g/mol. The van der Waals surface area contributed by atoms with Crippen LogP contribution in [0.15, 0.2) is 28.2 Å². The number of likely N-dealkylation sites (tertiary alicyclic amines) is 1. The first kappa shape index (κ1) is 20.5. The van der Waals surface area contributed by atoms with Crippen LogP contribution in [0.5, 0.6) is 0 Å². The fourth-order valence-electron chi connectivity index (χ4n) is 4.45. The molecule has 28 heavy (non-hydrogen) atoms. The highest BCUT2D eigenvalue weighted by Gasteiger charge is 2.32. The number of hydrogen-bond donors (Lipinski definition) is 0. The van der Waals surface area contributed by atoms with Crippen molar-refractivity contribution in [2.24, 2.45) is 16.8 Å². The van der Waals surface area contributed by atoms with Gasteiger partial charge in [0, 0.05) is 38.6 Å². The predicted octanol–water partition coefficient (Wildman–Crippen LogP) is 3.24. The Morgan fingerprint density at radius 3 is 2.11 bits per heavy atom. The van der Waals surface area contributed by atoms with Crippen LogP contribution >= 0.6 is 27.7 Å². The molecule has 1 atom stereocenters. The van der Waals surface area contributed by atoms with Crippen LogP contribution in [0, 0.1) is 11.8 Å². The maximum absolute atomic E-state index is 11.6. The molecule has 0 N–H and O–H groups in total. The van der Waals surface area contributed by atoms with E-state index in [9.17, 15) is 8.42 Å². The molecule has 0 spiro atoms. The smallest absolute Gasteiger partial charge is 0.177 e. The van der Waals surface area contributed by atoms with Gasteiger partial charge in [-0.1, -0.05) is 27.7 Å². The molecule has 2 saturated heterocycles. The number of anilines is 1. The Bertz CT molecular complexity index is 815. The molecule has 1 unspecified atom stereocenters. The Labute approximate surface area is 180 Å². The number of alkyl halides is 1. The Morgan fingerprint density at radius 2 is 1.64 bits per heavy atom. The van der Waals surface area contributed by atoms with Gasteiger partial charge in [0.1, 0.15) is 5.82 Å². The Balaban J connectivity index is 1.27. The lowest BCUT2D eigenvalue weighted by atomic mass is 9.79. The topological polar surface area (TPSA) is 65.9 Å². The number of sulfone groups is 1. The van der Waals surface area contributed by atoms with Crippen LogP contribution in [0.3, 0.4) is 0 Å². The second-order valence-corrected chi connectivity index (χ2v) is 12.8. The monoisotopic (exact) mass is 486 g/mol. The number of hydrogen-bond acceptors (Lipinski definition) is 7. The Hall–Kier alpha value is -0.800. The number of thioether (sulfide) groups is 1. The molecule has 1 aromatic heterocycles. The number of aromatic nitrogens is 1. The minimum absolute atomic E-state index is 0.286. The van der Waals surface area contributed by atoms with E-state index < -0.39 is 9.84 Å². The highest BCUT2D eigenvalue weighted by atomic mass is 79.9. The molecule has 0 aliphatic carbocycles. The molecule has 2 fully saturated rings. The van der Waals surface area contributed by atoms with E-state index in [2.05, 4.69) is 35.7 Å². The Kier molecular flexibility index (Phi) is 6.23. The quantitative estimate of drug-likeness (QED) is 0.610. The molecular weight excluding hydrogens is 460 g/mol. The van der Waals surface area contributed by atoms with Crippen molar-refractivity contribution in [3.8, 4) is 0 Å². The third-order valence-corrected chi connectivity index (χ3v) is 9.04. The van der Waals surface area contributed by atoms with Crippen LogP contribution in [0.2, 0.25) is 0 Å². The molecule has 4 rings (SSSR count). The lowest BCUT2D eigenvalue weighted by Crippen LogP contribution is -2.42. The molecule has 3 aliphatic heterocycles. The number of pyridine rings is 1. The van der Waals surface area contributed by atoms with E-state index in [1.54, 1.807) is 6.07 Å². The summed E-state index contributed by atoms with van der Waals surface area (Å²) >= 11 is 5.49. The van der Waals surface area contributed by atoms with Crippen LogP contribution < -0.4 is 4.90 Å². The van der Waals surface area contributed by atoms with Gasteiger partial charge in [-0.05, 0) is 49.7 Å². The van der Waals surface area contributed by atoms with Crippen molar-refractivity contribution >= 4 is 48.5 Å². The van der Waals surface area contributed by atoms with Crippen LogP contribution in [0.25, 0.3) is 0 Å². The number of amidine groups is 1. The minimum atomic E-state index is -3.18. The standard InChI is InChI=1S/C19H27BrN4O2S2/c1-28(25,26)16-2-3-18(21-12-16)23-8-4-14(5-9-23)15-6-10-24(11-7-15)19-22-13-17(20)27-19/h2-3,12,14-15,17H,4-11,13H2,1H3. The molecule has 9 heteroatoms. The summed E-state index contributed by atoms with van der Waals surface area (Å²) in [6.07, 6.45) is 7.61. The summed E-state index contributed by atoms with van der Waals surface area (Å²) in [5, 5.41) is 1.22. The van der Waals surface area contributed by atoms with Crippen LogP contribution in [0.4, 0.5) is 5.82 Å². The molecule has 3 aliphatic rings. The van der Waals surface area contributed by atoms with Crippen LogP contribution in [-0.2, 0) is 9.84 Å². The zero-order chi connectivity index (χ0) is 19.7. The van der Waals surface area contributed by atoms with Gasteiger partial charge in [0.15, 0.2) is 15.0 Å². The maximum Gasteiger partial charge on any atom is 0.177 e. The molecule has 0 aromatic carbocycles. The van der Waals surface area contributed by atoms with E-state index in [-0.39, 0.29) is 4.90 Å². The van der Waals surface area contributed by atoms with Gasteiger partial charge in [-0.2, -0.15) is 0 Å². The van der Waals surface area contributed by atoms with Crippen molar-refractivity contribution in [3.05, 3.63) is 18.3 Å². The SMILES string of the molecule is CS(=O)(=O)c1ccc(N2CCC(C3CCN(C4=NCC(Br)S4)CC3)CC2)nc1. The zero-order valence-electron chi connectivity index (χ0n) is 16.1. The van der Waals surface area contributed by atoms with E-state index in [1.165, 1.54) is 43.3 Å². The van der Waals surface area contributed by atoms with Crippen molar-refractivity contribution in [1.29, 1.82) is 0 Å². The van der Waals surface area contributed by atoms with E-state index >= 15 is 0 Å². The van der Waals surface area contributed by atoms with Gasteiger partial charge in [0.25, 0.3) is 0 Å². The van der Waals surface area contributed by atoms with Crippen molar-refractivity contribution in [2.75, 3.05) is 43.9 Å². The van der Waals surface area contributed by atoms with Gasteiger partial charge >= 0.3 is 0 Å². The van der Waals surface area contributed by atoms with Gasteiger partial charge < -0.3 is 9.80 Å². The van der Waals surface area contributed by atoms with E-state index in [0.29, 0.717) is 4.16 Å². The predicted molar refractivity (Wildman–Crippen MR) is 119 cm³/mol. The van der Waals surface area contributed by atoms with Gasteiger partial charge in [-0.15, -0.1) is 0 Å². The van der Waals surface area contributed by atoms with Crippen molar-refractivity contribution in [1.82, 2.24) is 9.88 Å². The molecule has 1 aromatic rings. The largest absolute Gasteiger partial charge is 0.357 e. The summed E-state index contributed by atoms with van der Waals surface area (Å²) in [5.74, 6) is 2.49. The summed E-state index contributed by atoms with van der Waals surface area (Å²) in [4.78, 5) is 14.1. The van der Waals surface area contributed by atoms with Crippen LogP contribution in [-0.4, -0.2) is 66.6 Å². The molecule has 4 heterocycles. The van der Waals surface area contributed by atoms with Gasteiger partial charge in [0.2, 0.25) is 0 Å². The highest BCUT2D eigenvalue weighted by molar-refractivity contribution is 9.11. The van der Waals surface area contributed by atoms with Crippen molar-refractivity contribution in [3.63, 3.8) is 0 Å². The average Bonchev–Trinajstić information content (AvgIpc) is 3.14. The van der Waals surface area contributed by atoms with E-state index in [1.807, 2.05) is 17.8 Å². The van der Waals surface area contributed by atoms with Crippen LogP contribution in [0.1, 0.15) is 25.7 Å². The number of halogens is 1. The van der Waals surface area contributed by atoms with Crippen molar-refractivity contribution < 1.29 is 8.42 Å². The number of piperidine rings is 2. The summed E-state index contributed by atoms with van der Waals surface area (Å²) in [5.41, 5.74) is 0.